The first-order chi connectivity index (χ1) is 15.4. The monoisotopic (exact) mass is 490 g/mol. The summed E-state index contributed by atoms with van der Waals surface area (Å²) < 4.78 is 85.7. The summed E-state index contributed by atoms with van der Waals surface area (Å²) in [7, 11) is 0. The van der Waals surface area contributed by atoms with Gasteiger partial charge in [0.1, 0.15) is 17.2 Å². The minimum atomic E-state index is -6.10. The molecule has 3 heterocycles. The topological polar surface area (TPSA) is 93.4 Å². The Hall–Kier alpha value is -3.61. The molecule has 3 N–H and O–H groups in total. The van der Waals surface area contributed by atoms with E-state index in [1.807, 2.05) is 0 Å². The number of benzene rings is 1. The van der Waals surface area contributed by atoms with Crippen molar-refractivity contribution >= 4 is 23.3 Å². The zero-order valence-electron chi connectivity index (χ0n) is 16.0. The highest BCUT2D eigenvalue weighted by Crippen LogP contribution is 2.55. The van der Waals surface area contributed by atoms with Gasteiger partial charge in [-0.25, -0.2) is 19.3 Å². The van der Waals surface area contributed by atoms with Crippen LogP contribution in [0.25, 0.3) is 5.69 Å². The van der Waals surface area contributed by atoms with Gasteiger partial charge < -0.3 is 5.32 Å². The molecule has 1 aliphatic rings. The second kappa shape index (κ2) is 7.47. The van der Waals surface area contributed by atoms with Crippen LogP contribution in [0.3, 0.4) is 0 Å². The molecule has 0 spiro atoms. The summed E-state index contributed by atoms with van der Waals surface area (Å²) >= 11 is 5.79. The number of anilines is 1. The number of hydrogen-bond donors (Lipinski definition) is 2. The van der Waals surface area contributed by atoms with Gasteiger partial charge in [0.2, 0.25) is 0 Å². The molecule has 1 aliphatic heterocycles. The van der Waals surface area contributed by atoms with Crippen molar-refractivity contribution in [1.82, 2.24) is 9.55 Å². The number of H-pyrrole nitrogens is 2. The normalized spacial score (nSPS) is 15.4. The molecular weight excluding hydrogens is 480 g/mol. The summed E-state index contributed by atoms with van der Waals surface area (Å²) in [4.78, 5) is 32.1. The summed E-state index contributed by atoms with van der Waals surface area (Å²) in [6.07, 6.45) is -9.72. The number of nitrogens with one attached hydrogen (secondary N) is 3. The van der Waals surface area contributed by atoms with Crippen LogP contribution in [0.2, 0.25) is 5.02 Å². The molecule has 2 aromatic heterocycles. The van der Waals surface area contributed by atoms with E-state index in [9.17, 15) is 35.9 Å². The molecule has 172 valence electrons. The van der Waals surface area contributed by atoms with Crippen molar-refractivity contribution in [2.75, 3.05) is 5.32 Å². The number of nitrogens with zero attached hydrogens (tertiary/aromatic N) is 2. The minimum Gasteiger partial charge on any atom is -0.325 e. The number of halogens is 7. The van der Waals surface area contributed by atoms with E-state index in [0.29, 0.717) is 4.57 Å². The molecule has 0 bridgehead atoms. The van der Waals surface area contributed by atoms with Gasteiger partial charge >= 0.3 is 18.0 Å². The van der Waals surface area contributed by atoms with Crippen molar-refractivity contribution in [3.8, 4) is 5.69 Å². The van der Waals surface area contributed by atoms with Crippen LogP contribution >= 0.6 is 11.6 Å². The van der Waals surface area contributed by atoms with Crippen LogP contribution in [0.15, 0.2) is 63.4 Å². The first-order valence-electron chi connectivity index (χ1n) is 8.99. The summed E-state index contributed by atoms with van der Waals surface area (Å²) in [5.41, 5.74) is -10.3. The Kier molecular flexibility index (Phi) is 5.11. The van der Waals surface area contributed by atoms with Crippen LogP contribution < -0.4 is 21.5 Å². The maximum absolute atomic E-state index is 14.2. The van der Waals surface area contributed by atoms with E-state index in [0.717, 1.165) is 6.20 Å². The van der Waals surface area contributed by atoms with Crippen molar-refractivity contribution in [2.45, 2.75) is 17.9 Å². The third kappa shape index (κ3) is 3.48. The van der Waals surface area contributed by atoms with Gasteiger partial charge in [0, 0.05) is 11.1 Å². The molecule has 1 aromatic carbocycles. The van der Waals surface area contributed by atoms with Crippen LogP contribution in [0.4, 0.5) is 32.2 Å². The van der Waals surface area contributed by atoms with E-state index in [2.05, 4.69) is 15.3 Å². The lowest BCUT2D eigenvalue weighted by Gasteiger charge is -2.38. The smallest absolute Gasteiger partial charge is 0.325 e. The van der Waals surface area contributed by atoms with Crippen LogP contribution in [0.1, 0.15) is 11.1 Å². The van der Waals surface area contributed by atoms with Gasteiger partial charge in [-0.2, -0.15) is 26.3 Å². The third-order valence-corrected chi connectivity index (χ3v) is 5.13. The van der Waals surface area contributed by atoms with Gasteiger partial charge in [-0.05, 0) is 30.3 Å². The molecule has 0 saturated heterocycles. The molecule has 0 amide bonds. The quantitative estimate of drug-likeness (QED) is 0.540. The van der Waals surface area contributed by atoms with Crippen LogP contribution in [-0.4, -0.2) is 27.7 Å². The largest absolute Gasteiger partial charge is 0.427 e. The van der Waals surface area contributed by atoms with Crippen molar-refractivity contribution in [3.63, 3.8) is 0 Å². The Balaban J connectivity index is 2.18. The molecule has 33 heavy (non-hydrogen) atoms. The zero-order valence-corrected chi connectivity index (χ0v) is 16.7. The van der Waals surface area contributed by atoms with Gasteiger partial charge in [-0.3, -0.25) is 9.78 Å². The van der Waals surface area contributed by atoms with Crippen molar-refractivity contribution < 1.29 is 31.3 Å². The molecule has 3 aromatic rings. The van der Waals surface area contributed by atoms with E-state index >= 15 is 0 Å². The molecule has 14 heteroatoms. The SMILES string of the molecule is O=c1[nH]c(=O)n(-c2ccc(Cl)cc2)c2c1C(C(F)(F)F)(C(F)(F)F)N=C(c1ccc[nH+]c1)N2. The maximum atomic E-state index is 14.2. The third-order valence-electron chi connectivity index (χ3n) is 4.87. The van der Waals surface area contributed by atoms with Crippen LogP contribution in [0.5, 0.6) is 0 Å². The fourth-order valence-corrected chi connectivity index (χ4v) is 3.56. The molecule has 7 nitrogen and oxygen atoms in total. The Bertz CT molecular complexity index is 1350. The number of aromatic nitrogens is 3. The number of fused-ring (bicyclic) bond motifs is 1. The standard InChI is InChI=1S/C19H10ClF6N5O2/c20-10-3-5-11(6-4-10)31-14-12(15(32)29-16(31)33)17(18(21,22)23,19(24,25)26)30-13(28-14)9-2-1-7-27-8-9/h1-8H,(H,28,30)(H,29,32,33)/p+1. The average Bonchev–Trinajstić information content (AvgIpc) is 2.73. The summed E-state index contributed by atoms with van der Waals surface area (Å²) in [6, 6.07) is 7.44. The second-order valence-electron chi connectivity index (χ2n) is 6.88. The van der Waals surface area contributed by atoms with Gasteiger partial charge in [0.15, 0.2) is 12.4 Å². The maximum Gasteiger partial charge on any atom is 0.427 e. The molecular formula is C19H11ClF6N5O2+. The van der Waals surface area contributed by atoms with E-state index in [-0.39, 0.29) is 16.3 Å². The van der Waals surface area contributed by atoms with E-state index < -0.39 is 46.4 Å². The lowest BCUT2D eigenvalue weighted by molar-refractivity contribution is -0.378. The lowest BCUT2D eigenvalue weighted by atomic mass is 9.87. The molecule has 4 rings (SSSR count). The Morgan fingerprint density at radius 3 is 2.18 bits per heavy atom. The average molecular weight is 491 g/mol. The van der Waals surface area contributed by atoms with Crippen LogP contribution in [0, 0.1) is 0 Å². The van der Waals surface area contributed by atoms with Gasteiger partial charge in [0.05, 0.1) is 11.3 Å². The highest BCUT2D eigenvalue weighted by atomic mass is 35.5. The molecule has 0 atom stereocenters. The number of pyridine rings is 1. The fourth-order valence-electron chi connectivity index (χ4n) is 3.44. The van der Waals surface area contributed by atoms with Crippen molar-refractivity contribution in [1.29, 1.82) is 0 Å². The van der Waals surface area contributed by atoms with Gasteiger partial charge in [-0.15, -0.1) is 0 Å². The number of alkyl halides is 6. The van der Waals surface area contributed by atoms with Gasteiger partial charge in [0.25, 0.3) is 11.1 Å². The molecule has 0 fully saturated rings. The van der Waals surface area contributed by atoms with Crippen molar-refractivity contribution in [2.24, 2.45) is 4.99 Å². The highest BCUT2D eigenvalue weighted by Gasteiger charge is 2.75. The summed E-state index contributed by atoms with van der Waals surface area (Å²) in [5.74, 6) is -1.89. The van der Waals surface area contributed by atoms with Crippen LogP contribution in [-0.2, 0) is 5.54 Å². The van der Waals surface area contributed by atoms with E-state index in [1.54, 1.807) is 0 Å². The molecule has 0 unspecified atom stereocenters. The predicted molar refractivity (Wildman–Crippen MR) is 105 cm³/mol. The second-order valence-corrected chi connectivity index (χ2v) is 7.31. The Labute approximate surface area is 184 Å². The fraction of sp³-hybridized carbons (Fsp3) is 0.158. The number of rotatable bonds is 2. The molecule has 0 saturated carbocycles. The number of amidine groups is 1. The number of hydrogen-bond acceptors (Lipinski definition) is 4. The minimum absolute atomic E-state index is 0.150. The Morgan fingerprint density at radius 2 is 1.64 bits per heavy atom. The summed E-state index contributed by atoms with van der Waals surface area (Å²) in [5, 5.41) is 2.51. The summed E-state index contributed by atoms with van der Waals surface area (Å²) in [6.45, 7) is 0. The highest BCUT2D eigenvalue weighted by molar-refractivity contribution is 6.30. The number of aliphatic imine (C=N–C) groups is 1. The zero-order chi connectivity index (χ0) is 24.2. The van der Waals surface area contributed by atoms with Gasteiger partial charge in [-0.1, -0.05) is 11.6 Å². The number of aromatic amines is 2. The van der Waals surface area contributed by atoms with Crippen molar-refractivity contribution in [3.05, 3.63) is 85.8 Å². The lowest BCUT2D eigenvalue weighted by Crippen LogP contribution is -2.59. The predicted octanol–water partition coefficient (Wildman–Crippen LogP) is 3.19. The van der Waals surface area contributed by atoms with E-state index in [4.69, 9.17) is 11.6 Å². The Morgan fingerprint density at radius 1 is 1.00 bits per heavy atom. The molecule has 0 radical (unpaired) electrons. The molecule has 0 aliphatic carbocycles. The van der Waals surface area contributed by atoms with E-state index in [1.165, 1.54) is 47.6 Å². The first-order valence-corrected chi connectivity index (χ1v) is 9.37. The first kappa shape index (κ1) is 22.6.